The van der Waals surface area contributed by atoms with Crippen LogP contribution in [0.5, 0.6) is 0 Å². The molecule has 0 amide bonds. The number of aliphatic hydroxyl groups is 1. The van der Waals surface area contributed by atoms with E-state index in [1.807, 2.05) is 6.92 Å². The summed E-state index contributed by atoms with van der Waals surface area (Å²) in [4.78, 5) is 20.0. The van der Waals surface area contributed by atoms with Gasteiger partial charge in [0.15, 0.2) is 0 Å². The Morgan fingerprint density at radius 3 is 3.07 bits per heavy atom. The van der Waals surface area contributed by atoms with Crippen LogP contribution in [0.2, 0.25) is 0 Å². The second kappa shape index (κ2) is 3.51. The first kappa shape index (κ1) is 9.36. The maximum absolute atomic E-state index is 11.4. The molecule has 0 saturated heterocycles. The Morgan fingerprint density at radius 1 is 1.64 bits per heavy atom. The fourth-order valence-corrected chi connectivity index (χ4v) is 2.15. The Hall–Kier alpha value is -1.20. The highest BCUT2D eigenvalue weighted by atomic mass is 32.1. The molecule has 0 saturated carbocycles. The van der Waals surface area contributed by atoms with Crippen molar-refractivity contribution in [3.63, 3.8) is 0 Å². The molecular weight excluding hydrogens is 200 g/mol. The summed E-state index contributed by atoms with van der Waals surface area (Å²) >= 11 is 1.40. The molecule has 2 aromatic heterocycles. The molecule has 2 aromatic rings. The number of thiophene rings is 1. The van der Waals surface area contributed by atoms with Crippen molar-refractivity contribution < 1.29 is 5.11 Å². The van der Waals surface area contributed by atoms with Gasteiger partial charge in [-0.1, -0.05) is 6.92 Å². The van der Waals surface area contributed by atoms with E-state index in [2.05, 4.69) is 9.97 Å². The monoisotopic (exact) mass is 210 g/mol. The fourth-order valence-electron chi connectivity index (χ4n) is 1.29. The van der Waals surface area contributed by atoms with Gasteiger partial charge >= 0.3 is 0 Å². The minimum absolute atomic E-state index is 0.00941. The predicted octanol–water partition coefficient (Wildman–Crippen LogP) is 1.04. The Morgan fingerprint density at radius 2 is 2.43 bits per heavy atom. The largest absolute Gasteiger partial charge is 0.391 e. The van der Waals surface area contributed by atoms with Gasteiger partial charge in [0.1, 0.15) is 10.5 Å². The van der Waals surface area contributed by atoms with Crippen LogP contribution in [0.1, 0.15) is 17.5 Å². The van der Waals surface area contributed by atoms with E-state index in [0.29, 0.717) is 17.6 Å². The molecule has 5 heteroatoms. The van der Waals surface area contributed by atoms with Crippen LogP contribution in [0.25, 0.3) is 10.3 Å². The van der Waals surface area contributed by atoms with Gasteiger partial charge in [-0.3, -0.25) is 4.79 Å². The van der Waals surface area contributed by atoms with Gasteiger partial charge in [-0.25, -0.2) is 4.98 Å². The molecule has 2 heterocycles. The highest BCUT2D eigenvalue weighted by molar-refractivity contribution is 7.18. The fraction of sp³-hybridized carbons (Fsp3) is 0.333. The molecular formula is C9H10N2O2S. The van der Waals surface area contributed by atoms with E-state index in [9.17, 15) is 4.79 Å². The lowest BCUT2D eigenvalue weighted by Gasteiger charge is -1.93. The summed E-state index contributed by atoms with van der Waals surface area (Å²) in [5.41, 5.74) is 1.12. The van der Waals surface area contributed by atoms with Crippen molar-refractivity contribution in [2.24, 2.45) is 0 Å². The Kier molecular flexibility index (Phi) is 2.35. The van der Waals surface area contributed by atoms with Crippen LogP contribution >= 0.6 is 11.3 Å². The average molecular weight is 210 g/mol. The van der Waals surface area contributed by atoms with Crippen LogP contribution in [0.3, 0.4) is 0 Å². The molecule has 0 aromatic carbocycles. The lowest BCUT2D eigenvalue weighted by molar-refractivity contribution is 0.285. The van der Waals surface area contributed by atoms with Gasteiger partial charge < -0.3 is 10.1 Å². The molecule has 0 aliphatic carbocycles. The third-order valence-corrected chi connectivity index (χ3v) is 3.01. The van der Waals surface area contributed by atoms with E-state index in [-0.39, 0.29) is 12.2 Å². The molecule has 4 nitrogen and oxygen atoms in total. The number of rotatable bonds is 2. The minimum Gasteiger partial charge on any atom is -0.391 e. The lowest BCUT2D eigenvalue weighted by Crippen LogP contribution is -2.13. The van der Waals surface area contributed by atoms with Gasteiger partial charge in [0, 0.05) is 4.88 Å². The van der Waals surface area contributed by atoms with Gasteiger partial charge in [-0.15, -0.1) is 11.3 Å². The van der Waals surface area contributed by atoms with E-state index in [0.717, 1.165) is 9.71 Å². The Balaban J connectivity index is 2.70. The number of aryl methyl sites for hydroxylation is 1. The number of nitrogens with one attached hydrogen (secondary N) is 1. The van der Waals surface area contributed by atoms with E-state index in [1.165, 1.54) is 11.3 Å². The normalized spacial score (nSPS) is 11.0. The van der Waals surface area contributed by atoms with Crippen LogP contribution in [-0.4, -0.2) is 15.1 Å². The predicted molar refractivity (Wildman–Crippen MR) is 55.5 cm³/mol. The number of hydrogen-bond donors (Lipinski definition) is 2. The number of aromatic amines is 1. The van der Waals surface area contributed by atoms with Crippen molar-refractivity contribution in [1.29, 1.82) is 0 Å². The van der Waals surface area contributed by atoms with Crippen molar-refractivity contribution in [2.75, 3.05) is 0 Å². The molecule has 0 fully saturated rings. The highest BCUT2D eigenvalue weighted by Crippen LogP contribution is 2.21. The van der Waals surface area contributed by atoms with Crippen LogP contribution in [0.15, 0.2) is 10.9 Å². The first-order valence-corrected chi connectivity index (χ1v) is 5.18. The Labute approximate surface area is 84.2 Å². The van der Waals surface area contributed by atoms with Crippen molar-refractivity contribution in [3.05, 3.63) is 27.0 Å². The zero-order valence-electron chi connectivity index (χ0n) is 7.70. The summed E-state index contributed by atoms with van der Waals surface area (Å²) in [6.07, 6.45) is 0.623. The molecule has 2 rings (SSSR count). The first-order valence-electron chi connectivity index (χ1n) is 4.37. The van der Waals surface area contributed by atoms with Crippen LogP contribution < -0.4 is 5.56 Å². The quantitative estimate of drug-likeness (QED) is 0.778. The average Bonchev–Trinajstić information content (AvgIpc) is 2.58. The third-order valence-electron chi connectivity index (χ3n) is 2.00. The number of aromatic nitrogens is 2. The SMILES string of the molecule is CCc1nc2sc(CO)cc2[nH]c1=O. The van der Waals surface area contributed by atoms with Crippen molar-refractivity contribution in [2.45, 2.75) is 20.0 Å². The van der Waals surface area contributed by atoms with Crippen LogP contribution in [-0.2, 0) is 13.0 Å². The molecule has 74 valence electrons. The molecule has 0 atom stereocenters. The summed E-state index contributed by atoms with van der Waals surface area (Å²) in [6.45, 7) is 1.88. The highest BCUT2D eigenvalue weighted by Gasteiger charge is 2.06. The van der Waals surface area contributed by atoms with Gasteiger partial charge in [0.2, 0.25) is 0 Å². The summed E-state index contributed by atoms with van der Waals surface area (Å²) < 4.78 is 0. The standard InChI is InChI=1S/C9H10N2O2S/c1-2-6-8(13)10-7-3-5(4-12)14-9(7)11-6/h3,12H,2,4H2,1H3,(H,10,13). The second-order valence-electron chi connectivity index (χ2n) is 2.96. The van der Waals surface area contributed by atoms with E-state index in [1.54, 1.807) is 6.07 Å². The number of nitrogens with zero attached hydrogens (tertiary/aromatic N) is 1. The van der Waals surface area contributed by atoms with Gasteiger partial charge in [-0.2, -0.15) is 0 Å². The van der Waals surface area contributed by atoms with Crippen molar-refractivity contribution >= 4 is 21.7 Å². The molecule has 0 bridgehead atoms. The molecule has 2 N–H and O–H groups in total. The van der Waals surface area contributed by atoms with Gasteiger partial charge in [0.05, 0.1) is 12.1 Å². The van der Waals surface area contributed by atoms with Crippen molar-refractivity contribution in [3.8, 4) is 0 Å². The molecule has 0 spiro atoms. The minimum atomic E-state index is -0.137. The van der Waals surface area contributed by atoms with E-state index < -0.39 is 0 Å². The Bertz CT molecular complexity index is 515. The zero-order chi connectivity index (χ0) is 10.1. The first-order chi connectivity index (χ1) is 6.74. The molecule has 0 aliphatic rings. The summed E-state index contributed by atoms with van der Waals surface area (Å²) in [6, 6.07) is 1.76. The van der Waals surface area contributed by atoms with Crippen LogP contribution in [0.4, 0.5) is 0 Å². The molecule has 0 aliphatic heterocycles. The third kappa shape index (κ3) is 1.44. The lowest BCUT2D eigenvalue weighted by atomic mass is 10.3. The molecule has 14 heavy (non-hydrogen) atoms. The van der Waals surface area contributed by atoms with Gasteiger partial charge in [-0.05, 0) is 12.5 Å². The van der Waals surface area contributed by atoms with Crippen molar-refractivity contribution in [1.82, 2.24) is 9.97 Å². The van der Waals surface area contributed by atoms with E-state index >= 15 is 0 Å². The maximum atomic E-state index is 11.4. The molecule has 0 unspecified atom stereocenters. The zero-order valence-corrected chi connectivity index (χ0v) is 8.52. The number of fused-ring (bicyclic) bond motifs is 1. The number of hydrogen-bond acceptors (Lipinski definition) is 4. The second-order valence-corrected chi connectivity index (χ2v) is 4.07. The molecule has 0 radical (unpaired) electrons. The van der Waals surface area contributed by atoms with Crippen LogP contribution in [0, 0.1) is 0 Å². The number of H-pyrrole nitrogens is 1. The topological polar surface area (TPSA) is 66.0 Å². The van der Waals surface area contributed by atoms with E-state index in [4.69, 9.17) is 5.11 Å². The summed E-state index contributed by atoms with van der Waals surface area (Å²) in [7, 11) is 0. The number of aliphatic hydroxyl groups excluding tert-OH is 1. The van der Waals surface area contributed by atoms with Gasteiger partial charge in [0.25, 0.3) is 5.56 Å². The summed E-state index contributed by atoms with van der Waals surface area (Å²) in [5.74, 6) is 0. The smallest absolute Gasteiger partial charge is 0.270 e. The summed E-state index contributed by atoms with van der Waals surface area (Å²) in [5, 5.41) is 8.93. The maximum Gasteiger partial charge on any atom is 0.270 e.